The minimum atomic E-state index is -4.20. The van der Waals surface area contributed by atoms with Crippen LogP contribution in [0.1, 0.15) is 0 Å². The van der Waals surface area contributed by atoms with Gasteiger partial charge in [-0.3, -0.25) is 0 Å². The van der Waals surface area contributed by atoms with Crippen LogP contribution in [0.25, 0.3) is 0 Å². The Balaban J connectivity index is 0.00000169. The Kier molecular flexibility index (Phi) is 5.06. The van der Waals surface area contributed by atoms with Crippen molar-refractivity contribution in [1.82, 2.24) is 0 Å². The Bertz CT molecular complexity index is 403. The molecule has 72 valence electrons. The van der Waals surface area contributed by atoms with Crippen molar-refractivity contribution in [3.63, 3.8) is 0 Å². The van der Waals surface area contributed by atoms with Crippen molar-refractivity contribution in [2.45, 2.75) is 4.90 Å². The molecule has 0 bridgehead atoms. The van der Waals surface area contributed by atoms with Gasteiger partial charge in [-0.15, -0.1) is 0 Å². The maximum absolute atomic E-state index is 11.0. The molecular formula is C6H7NNaO5S+. The quantitative estimate of drug-likeness (QED) is 0.573. The van der Waals surface area contributed by atoms with Crippen molar-refractivity contribution in [2.75, 3.05) is 0 Å². The summed E-state index contributed by atoms with van der Waals surface area (Å²) in [5.74, 6) is 0. The van der Waals surface area contributed by atoms with Crippen molar-refractivity contribution in [1.29, 1.82) is 0 Å². The van der Waals surface area contributed by atoms with Gasteiger partial charge in [0.05, 0.1) is 0 Å². The van der Waals surface area contributed by atoms with Crippen LogP contribution in [0.2, 0.25) is 0 Å². The van der Waals surface area contributed by atoms with Crippen molar-refractivity contribution in [2.24, 2.45) is 0 Å². The standard InChI is InChI=1S/C6H6NO5S.Na.H/c8-7(9)12-13(10,11)6-4-2-1-3-5-6;;/h1-5H,(H,8,9);;/q+1;;. The van der Waals surface area contributed by atoms with Gasteiger partial charge in [0.15, 0.2) is 0 Å². The first kappa shape index (κ1) is 13.4. The van der Waals surface area contributed by atoms with Crippen LogP contribution in [-0.4, -0.2) is 48.3 Å². The van der Waals surface area contributed by atoms with Gasteiger partial charge in [-0.2, -0.15) is 13.6 Å². The number of hydrogen-bond donors (Lipinski definition) is 1. The van der Waals surface area contributed by atoms with Gasteiger partial charge in [-0.05, 0) is 16.4 Å². The van der Waals surface area contributed by atoms with Crippen LogP contribution in [0.5, 0.6) is 0 Å². The zero-order valence-electron chi connectivity index (χ0n) is 6.32. The van der Waals surface area contributed by atoms with E-state index in [1.54, 1.807) is 6.07 Å². The van der Waals surface area contributed by atoms with Crippen molar-refractivity contribution in [3.05, 3.63) is 35.2 Å². The fourth-order valence-electron chi connectivity index (χ4n) is 0.714. The summed E-state index contributed by atoms with van der Waals surface area (Å²) in [5, 5.41) is 6.92. The second-order valence-corrected chi connectivity index (χ2v) is 3.61. The van der Waals surface area contributed by atoms with Gasteiger partial charge in [-0.25, -0.2) is 0 Å². The Morgan fingerprint density at radius 2 is 1.71 bits per heavy atom. The van der Waals surface area contributed by atoms with Crippen molar-refractivity contribution >= 4 is 39.7 Å². The number of nitrogens with zero attached hydrogens (tertiary/aromatic N) is 1. The minimum absolute atomic E-state index is 0. The molecular weight excluding hydrogens is 221 g/mol. The molecule has 0 fully saturated rings. The van der Waals surface area contributed by atoms with Crippen LogP contribution in [0.3, 0.4) is 0 Å². The molecule has 0 aliphatic carbocycles. The van der Waals surface area contributed by atoms with E-state index in [1.165, 1.54) is 24.3 Å². The Morgan fingerprint density at radius 1 is 1.21 bits per heavy atom. The SMILES string of the molecule is O=[N+](O)OS(=O)(=O)c1ccccc1.[NaH]. The molecule has 0 heterocycles. The molecule has 1 aromatic rings. The van der Waals surface area contributed by atoms with Crippen molar-refractivity contribution < 1.29 is 23.0 Å². The van der Waals surface area contributed by atoms with E-state index in [4.69, 9.17) is 5.21 Å². The molecule has 0 spiro atoms. The summed E-state index contributed by atoms with van der Waals surface area (Å²) in [6.45, 7) is 0. The van der Waals surface area contributed by atoms with Gasteiger partial charge >= 0.3 is 44.8 Å². The van der Waals surface area contributed by atoms with Gasteiger partial charge in [0.1, 0.15) is 9.80 Å². The van der Waals surface area contributed by atoms with E-state index >= 15 is 0 Å². The molecule has 1 aromatic carbocycles. The Morgan fingerprint density at radius 3 is 2.14 bits per heavy atom. The summed E-state index contributed by atoms with van der Waals surface area (Å²) in [7, 11) is -4.20. The van der Waals surface area contributed by atoms with Crippen LogP contribution in [-0.2, 0) is 14.4 Å². The first-order valence-electron chi connectivity index (χ1n) is 3.18. The molecule has 0 amide bonds. The Labute approximate surface area is 102 Å². The third kappa shape index (κ3) is 3.62. The summed E-state index contributed by atoms with van der Waals surface area (Å²) < 4.78 is 25.7. The van der Waals surface area contributed by atoms with E-state index < -0.39 is 15.2 Å². The summed E-state index contributed by atoms with van der Waals surface area (Å²) >= 11 is 0. The third-order valence-corrected chi connectivity index (χ3v) is 2.37. The van der Waals surface area contributed by atoms with E-state index in [-0.39, 0.29) is 34.5 Å². The summed E-state index contributed by atoms with van der Waals surface area (Å²) in [5.41, 5.74) is 0. The molecule has 8 heteroatoms. The number of hydrogen-bond acceptors (Lipinski definition) is 4. The molecule has 1 rings (SSSR count). The fraction of sp³-hybridized carbons (Fsp3) is 0. The molecule has 0 aliphatic rings. The van der Waals surface area contributed by atoms with Crippen molar-refractivity contribution in [3.8, 4) is 0 Å². The summed E-state index contributed by atoms with van der Waals surface area (Å²) in [4.78, 5) is 9.70. The zero-order valence-corrected chi connectivity index (χ0v) is 7.14. The topological polar surface area (TPSA) is 83.7 Å². The molecule has 0 radical (unpaired) electrons. The average Bonchev–Trinajstić information content (AvgIpc) is 2.04. The predicted octanol–water partition coefficient (Wildman–Crippen LogP) is -0.173. The van der Waals surface area contributed by atoms with Gasteiger partial charge in [0.2, 0.25) is 0 Å². The predicted molar refractivity (Wildman–Crippen MR) is 47.3 cm³/mol. The zero-order chi connectivity index (χ0) is 9.90. The van der Waals surface area contributed by atoms with Gasteiger partial charge in [-0.1, -0.05) is 18.2 Å². The van der Waals surface area contributed by atoms with E-state index in [1.807, 2.05) is 0 Å². The first-order valence-corrected chi connectivity index (χ1v) is 4.59. The fourth-order valence-corrected chi connectivity index (χ4v) is 1.46. The van der Waals surface area contributed by atoms with Crippen LogP contribution in [0.4, 0.5) is 0 Å². The molecule has 0 aromatic heterocycles. The second kappa shape index (κ2) is 5.30. The molecule has 14 heavy (non-hydrogen) atoms. The van der Waals surface area contributed by atoms with Crippen LogP contribution in [0, 0.1) is 4.91 Å². The molecule has 0 atom stereocenters. The molecule has 1 N–H and O–H groups in total. The van der Waals surface area contributed by atoms with Crippen LogP contribution >= 0.6 is 0 Å². The summed E-state index contributed by atoms with van der Waals surface area (Å²) in [6.07, 6.45) is 0. The Hall–Kier alpha value is -0.630. The van der Waals surface area contributed by atoms with Crippen LogP contribution < -0.4 is 0 Å². The molecule has 0 unspecified atom stereocenters. The van der Waals surface area contributed by atoms with Crippen LogP contribution in [0.15, 0.2) is 35.2 Å². The number of benzene rings is 1. The molecule has 0 saturated carbocycles. The first-order chi connectivity index (χ1) is 6.02. The molecule has 0 saturated heterocycles. The van der Waals surface area contributed by atoms with Gasteiger partial charge in [0, 0.05) is 0 Å². The van der Waals surface area contributed by atoms with E-state index in [0.29, 0.717) is 0 Å². The molecule has 0 aliphatic heterocycles. The normalized spacial score (nSPS) is 10.0. The second-order valence-electron chi connectivity index (χ2n) is 2.08. The molecule has 6 nitrogen and oxygen atoms in total. The summed E-state index contributed by atoms with van der Waals surface area (Å²) in [6, 6.07) is 7.00. The van der Waals surface area contributed by atoms with E-state index in [2.05, 4.69) is 4.28 Å². The van der Waals surface area contributed by atoms with E-state index in [0.717, 1.165) is 0 Å². The third-order valence-electron chi connectivity index (χ3n) is 1.19. The van der Waals surface area contributed by atoms with Gasteiger partial charge in [0.25, 0.3) is 0 Å². The average molecular weight is 228 g/mol. The monoisotopic (exact) mass is 228 g/mol. The number of rotatable bonds is 3. The maximum atomic E-state index is 11.0. The van der Waals surface area contributed by atoms with Gasteiger partial charge < -0.3 is 0 Å². The van der Waals surface area contributed by atoms with E-state index in [9.17, 15) is 13.3 Å².